The van der Waals surface area contributed by atoms with Gasteiger partial charge in [-0.15, -0.1) is 0 Å². The van der Waals surface area contributed by atoms with E-state index < -0.39 is 0 Å². The second kappa shape index (κ2) is 6.89. The normalized spacial score (nSPS) is 28.5. The van der Waals surface area contributed by atoms with Crippen molar-refractivity contribution in [3.05, 3.63) is 47.7 Å². The van der Waals surface area contributed by atoms with Crippen LogP contribution >= 0.6 is 0 Å². The van der Waals surface area contributed by atoms with Gasteiger partial charge in [-0.3, -0.25) is 4.79 Å². The molecule has 1 aromatic carbocycles. The fourth-order valence-corrected chi connectivity index (χ4v) is 4.62. The number of aliphatic hydroxyl groups is 1. The number of hydrogen-bond acceptors (Lipinski definition) is 4. The van der Waals surface area contributed by atoms with Gasteiger partial charge >= 0.3 is 0 Å². The first-order valence-corrected chi connectivity index (χ1v) is 9.37. The van der Waals surface area contributed by atoms with Crippen molar-refractivity contribution in [2.75, 3.05) is 33.3 Å². The van der Waals surface area contributed by atoms with Crippen LogP contribution in [0.1, 0.15) is 24.8 Å². The minimum atomic E-state index is -0.0623. The number of carbonyl (C=O) groups excluding carboxylic acids is 1. The summed E-state index contributed by atoms with van der Waals surface area (Å²) in [6.45, 7) is 2.59. The zero-order valence-electron chi connectivity index (χ0n) is 15.2. The predicted molar refractivity (Wildman–Crippen MR) is 101 cm³/mol. The maximum absolute atomic E-state index is 13.2. The molecule has 0 unspecified atom stereocenters. The highest BCUT2D eigenvalue weighted by molar-refractivity contribution is 6.01. The molecule has 1 amide bonds. The van der Waals surface area contributed by atoms with Crippen LogP contribution in [-0.4, -0.2) is 60.1 Å². The van der Waals surface area contributed by atoms with Crippen molar-refractivity contribution >= 4 is 12.0 Å². The number of amides is 1. The summed E-state index contributed by atoms with van der Waals surface area (Å²) < 4.78 is 5.61. The molecule has 2 atom stereocenters. The first-order valence-electron chi connectivity index (χ1n) is 9.37. The van der Waals surface area contributed by atoms with Crippen LogP contribution in [0, 0.1) is 5.41 Å². The van der Waals surface area contributed by atoms with E-state index >= 15 is 0 Å². The van der Waals surface area contributed by atoms with Gasteiger partial charge in [0.1, 0.15) is 5.75 Å². The Bertz CT molecular complexity index is 757. The monoisotopic (exact) mass is 354 g/mol. The van der Waals surface area contributed by atoms with Gasteiger partial charge in [0.25, 0.3) is 5.91 Å². The Labute approximate surface area is 154 Å². The molecule has 0 bridgehead atoms. The molecule has 0 aliphatic carbocycles. The number of benzene rings is 1. The lowest BCUT2D eigenvalue weighted by Gasteiger charge is -2.53. The first-order chi connectivity index (χ1) is 12.6. The molecular weight excluding hydrogens is 328 g/mol. The van der Waals surface area contributed by atoms with E-state index in [1.54, 1.807) is 12.3 Å². The summed E-state index contributed by atoms with van der Waals surface area (Å²) in [5, 5.41) is 10.0. The molecule has 138 valence electrons. The van der Waals surface area contributed by atoms with E-state index in [0.717, 1.165) is 37.1 Å². The molecule has 4 rings (SSSR count). The van der Waals surface area contributed by atoms with Crippen molar-refractivity contribution in [2.24, 2.45) is 5.41 Å². The largest absolute Gasteiger partial charge is 0.464 e. The molecule has 3 aliphatic heterocycles. The lowest BCUT2D eigenvalue weighted by Crippen LogP contribution is -2.62. The van der Waals surface area contributed by atoms with Crippen molar-refractivity contribution < 1.29 is 14.6 Å². The molecule has 0 spiro atoms. The zero-order chi connectivity index (χ0) is 18.1. The molecule has 0 radical (unpaired) electrons. The first kappa shape index (κ1) is 17.3. The average molecular weight is 354 g/mol. The lowest BCUT2D eigenvalue weighted by molar-refractivity contribution is -0.135. The number of rotatable bonds is 2. The van der Waals surface area contributed by atoms with Crippen molar-refractivity contribution in [3.8, 4) is 5.75 Å². The Hall–Kier alpha value is -2.11. The van der Waals surface area contributed by atoms with Crippen molar-refractivity contribution in [3.63, 3.8) is 0 Å². The second-order valence-corrected chi connectivity index (χ2v) is 7.68. The number of fused-ring (bicyclic) bond motifs is 2. The molecule has 1 aromatic rings. The van der Waals surface area contributed by atoms with Crippen LogP contribution in [-0.2, 0) is 4.79 Å². The van der Waals surface area contributed by atoms with E-state index in [1.165, 1.54) is 0 Å². The van der Waals surface area contributed by atoms with Crippen LogP contribution in [0.15, 0.2) is 42.2 Å². The van der Waals surface area contributed by atoms with E-state index in [2.05, 4.69) is 11.9 Å². The summed E-state index contributed by atoms with van der Waals surface area (Å²) in [4.78, 5) is 17.4. The van der Waals surface area contributed by atoms with Gasteiger partial charge in [-0.25, -0.2) is 0 Å². The maximum atomic E-state index is 13.2. The predicted octanol–water partition coefficient (Wildman–Crippen LogP) is 2.28. The molecule has 26 heavy (non-hydrogen) atoms. The number of carbonyl (C=O) groups is 1. The standard InChI is InChI=1S/C21H26N2O3/c1-22-10-4-8-21(15-24)9-11-23(14-19(21)22)20(25)17-7-12-26-18-6-3-2-5-16(18)13-17/h2-3,5-7,12-13,19,24H,4,8-11,14-15H2,1H3/t19-,21-/m1/s1. The fraction of sp³-hybridized carbons (Fsp3) is 0.476. The van der Waals surface area contributed by atoms with Gasteiger partial charge in [0.05, 0.1) is 12.9 Å². The fourth-order valence-electron chi connectivity index (χ4n) is 4.62. The Morgan fingerprint density at radius 3 is 3.00 bits per heavy atom. The summed E-state index contributed by atoms with van der Waals surface area (Å²) >= 11 is 0. The second-order valence-electron chi connectivity index (χ2n) is 7.68. The van der Waals surface area contributed by atoms with Gasteiger partial charge in [-0.2, -0.15) is 0 Å². The number of aliphatic hydroxyl groups excluding tert-OH is 1. The minimum absolute atomic E-state index is 0.0343. The van der Waals surface area contributed by atoms with Crippen LogP contribution in [0.25, 0.3) is 6.08 Å². The smallest absolute Gasteiger partial charge is 0.254 e. The highest BCUT2D eigenvalue weighted by Crippen LogP contribution is 2.41. The molecule has 2 fully saturated rings. The lowest BCUT2D eigenvalue weighted by atomic mass is 9.69. The van der Waals surface area contributed by atoms with Gasteiger partial charge in [-0.1, -0.05) is 18.2 Å². The number of hydrogen-bond donors (Lipinski definition) is 1. The Morgan fingerprint density at radius 1 is 1.31 bits per heavy atom. The minimum Gasteiger partial charge on any atom is -0.464 e. The van der Waals surface area contributed by atoms with Crippen LogP contribution < -0.4 is 4.74 Å². The van der Waals surface area contributed by atoms with Crippen LogP contribution in [0.3, 0.4) is 0 Å². The number of para-hydroxylation sites is 1. The van der Waals surface area contributed by atoms with Crippen molar-refractivity contribution in [1.29, 1.82) is 0 Å². The SMILES string of the molecule is CN1CCC[C@]2(CO)CCN(C(=O)C3=Cc4ccccc4OC=C3)C[C@@H]12. The molecule has 5 heteroatoms. The topological polar surface area (TPSA) is 53.0 Å². The number of piperidine rings is 2. The van der Waals surface area contributed by atoms with E-state index in [9.17, 15) is 9.90 Å². The van der Waals surface area contributed by atoms with Crippen LogP contribution in [0.2, 0.25) is 0 Å². The Balaban J connectivity index is 1.57. The summed E-state index contributed by atoms with van der Waals surface area (Å²) in [5.74, 6) is 0.795. The summed E-state index contributed by atoms with van der Waals surface area (Å²) in [7, 11) is 2.11. The molecule has 3 aliphatic rings. The number of likely N-dealkylation sites (N-methyl/N-ethyl adjacent to an activating group) is 1. The van der Waals surface area contributed by atoms with E-state index in [0.29, 0.717) is 18.7 Å². The number of ether oxygens (including phenoxy) is 1. The van der Waals surface area contributed by atoms with E-state index in [-0.39, 0.29) is 24.0 Å². The zero-order valence-corrected chi connectivity index (χ0v) is 15.2. The van der Waals surface area contributed by atoms with Gasteiger partial charge in [0, 0.05) is 35.7 Å². The van der Waals surface area contributed by atoms with E-state index in [1.807, 2.05) is 35.2 Å². The quantitative estimate of drug-likeness (QED) is 0.885. The third-order valence-corrected chi connectivity index (χ3v) is 6.22. The molecular formula is C21H26N2O3. The average Bonchev–Trinajstić information content (AvgIpc) is 2.90. The molecule has 2 saturated heterocycles. The van der Waals surface area contributed by atoms with E-state index in [4.69, 9.17) is 4.74 Å². The van der Waals surface area contributed by atoms with Crippen LogP contribution in [0.5, 0.6) is 5.75 Å². The Morgan fingerprint density at radius 2 is 2.15 bits per heavy atom. The van der Waals surface area contributed by atoms with Gasteiger partial charge < -0.3 is 19.6 Å². The summed E-state index contributed by atoms with van der Waals surface area (Å²) in [6.07, 6.45) is 8.26. The molecule has 1 N–H and O–H groups in total. The highest BCUT2D eigenvalue weighted by Gasteiger charge is 2.47. The van der Waals surface area contributed by atoms with Crippen LogP contribution in [0.4, 0.5) is 0 Å². The molecule has 5 nitrogen and oxygen atoms in total. The summed E-state index contributed by atoms with van der Waals surface area (Å²) in [5.41, 5.74) is 1.50. The van der Waals surface area contributed by atoms with Crippen molar-refractivity contribution in [1.82, 2.24) is 9.80 Å². The van der Waals surface area contributed by atoms with Gasteiger partial charge in [0.15, 0.2) is 0 Å². The highest BCUT2D eigenvalue weighted by atomic mass is 16.5. The maximum Gasteiger partial charge on any atom is 0.254 e. The van der Waals surface area contributed by atoms with Crippen molar-refractivity contribution in [2.45, 2.75) is 25.3 Å². The molecule has 0 aromatic heterocycles. The molecule has 3 heterocycles. The molecule has 0 saturated carbocycles. The Kier molecular flexibility index (Phi) is 4.59. The number of likely N-dealkylation sites (tertiary alicyclic amines) is 2. The van der Waals surface area contributed by atoms with Gasteiger partial charge in [0.2, 0.25) is 0 Å². The number of nitrogens with zero attached hydrogens (tertiary/aromatic N) is 2. The third kappa shape index (κ3) is 2.95. The third-order valence-electron chi connectivity index (χ3n) is 6.22. The van der Waals surface area contributed by atoms with Gasteiger partial charge in [-0.05, 0) is 51.1 Å². The summed E-state index contributed by atoms with van der Waals surface area (Å²) in [6, 6.07) is 7.94.